The predicted octanol–water partition coefficient (Wildman–Crippen LogP) is 3.01. The van der Waals surface area contributed by atoms with Gasteiger partial charge >= 0.3 is 0 Å². The number of anilines is 1. The summed E-state index contributed by atoms with van der Waals surface area (Å²) in [7, 11) is 0. The van der Waals surface area contributed by atoms with Crippen molar-refractivity contribution in [3.8, 4) is 17.1 Å². The van der Waals surface area contributed by atoms with E-state index < -0.39 is 0 Å². The molecule has 2 aromatic carbocycles. The largest absolute Gasteiger partial charge is 0.398 e. The zero-order valence-electron chi connectivity index (χ0n) is 11.1. The Balaban J connectivity index is 2.14. The number of rotatable bonds is 2. The molecule has 3 aromatic rings. The van der Waals surface area contributed by atoms with E-state index >= 15 is 0 Å². The van der Waals surface area contributed by atoms with Crippen LogP contribution in [0.3, 0.4) is 0 Å². The molecule has 0 saturated heterocycles. The van der Waals surface area contributed by atoms with Gasteiger partial charge in [-0.3, -0.25) is 0 Å². The Labute approximate surface area is 125 Å². The van der Waals surface area contributed by atoms with Gasteiger partial charge in [-0.1, -0.05) is 11.6 Å². The number of nitrogens with two attached hydrogens (primary N) is 1. The van der Waals surface area contributed by atoms with Crippen LogP contribution in [-0.4, -0.2) is 20.2 Å². The number of benzene rings is 2. The fraction of sp³-hybridized carbons (Fsp3) is 0.0714. The van der Waals surface area contributed by atoms with Crippen LogP contribution >= 0.6 is 11.6 Å². The molecule has 0 saturated carbocycles. The number of hydrogen-bond acceptors (Lipinski definition) is 4. The van der Waals surface area contributed by atoms with Gasteiger partial charge in [0.1, 0.15) is 5.82 Å². The van der Waals surface area contributed by atoms with Gasteiger partial charge in [-0.25, -0.2) is 4.39 Å². The Kier molecular flexibility index (Phi) is 3.31. The highest BCUT2D eigenvalue weighted by atomic mass is 35.5. The van der Waals surface area contributed by atoms with E-state index in [1.54, 1.807) is 37.3 Å². The molecule has 2 N–H and O–H groups in total. The Morgan fingerprint density at radius 2 is 2.00 bits per heavy atom. The second-order valence-corrected chi connectivity index (χ2v) is 5.02. The summed E-state index contributed by atoms with van der Waals surface area (Å²) in [6, 6.07) is 9.74. The fourth-order valence-corrected chi connectivity index (χ4v) is 2.21. The van der Waals surface area contributed by atoms with Crippen molar-refractivity contribution in [3.05, 3.63) is 52.8 Å². The average Bonchev–Trinajstić information content (AvgIpc) is 2.91. The number of hydrogen-bond donors (Lipinski definition) is 1. The van der Waals surface area contributed by atoms with E-state index in [9.17, 15) is 4.39 Å². The lowest BCUT2D eigenvalue weighted by Crippen LogP contribution is -2.02. The summed E-state index contributed by atoms with van der Waals surface area (Å²) in [4.78, 5) is 0. The monoisotopic (exact) mass is 303 g/mol. The average molecular weight is 304 g/mol. The lowest BCUT2D eigenvalue weighted by Gasteiger charge is -2.08. The van der Waals surface area contributed by atoms with Gasteiger partial charge in [0.15, 0.2) is 5.82 Å². The van der Waals surface area contributed by atoms with E-state index in [0.29, 0.717) is 33.3 Å². The van der Waals surface area contributed by atoms with Crippen LogP contribution in [0.2, 0.25) is 5.02 Å². The van der Waals surface area contributed by atoms with E-state index in [1.165, 1.54) is 10.7 Å². The van der Waals surface area contributed by atoms with Crippen molar-refractivity contribution in [2.45, 2.75) is 6.92 Å². The predicted molar refractivity (Wildman–Crippen MR) is 78.7 cm³/mol. The van der Waals surface area contributed by atoms with Gasteiger partial charge in [-0.2, -0.15) is 4.68 Å². The molecule has 106 valence electrons. The van der Waals surface area contributed by atoms with Gasteiger partial charge < -0.3 is 5.73 Å². The van der Waals surface area contributed by atoms with Crippen LogP contribution in [0.15, 0.2) is 36.4 Å². The quantitative estimate of drug-likeness (QED) is 0.739. The topological polar surface area (TPSA) is 69.6 Å². The Morgan fingerprint density at radius 1 is 1.19 bits per heavy atom. The first-order valence-electron chi connectivity index (χ1n) is 6.16. The zero-order chi connectivity index (χ0) is 15.0. The van der Waals surface area contributed by atoms with E-state index in [0.717, 1.165) is 0 Å². The Bertz CT molecular complexity index is 815. The first kappa shape index (κ1) is 13.5. The molecular weight excluding hydrogens is 293 g/mol. The zero-order valence-corrected chi connectivity index (χ0v) is 11.8. The molecule has 0 atom stereocenters. The normalized spacial score (nSPS) is 10.8. The third kappa shape index (κ3) is 2.45. The smallest absolute Gasteiger partial charge is 0.189 e. The molecular formula is C14H11ClFN5. The molecule has 0 bridgehead atoms. The van der Waals surface area contributed by atoms with E-state index in [2.05, 4.69) is 15.5 Å². The highest BCUT2D eigenvalue weighted by Gasteiger charge is 2.14. The van der Waals surface area contributed by atoms with Crippen molar-refractivity contribution >= 4 is 17.3 Å². The molecule has 21 heavy (non-hydrogen) atoms. The summed E-state index contributed by atoms with van der Waals surface area (Å²) < 4.78 is 14.9. The first-order chi connectivity index (χ1) is 10.1. The number of nitrogen functional groups attached to an aromatic ring is 1. The van der Waals surface area contributed by atoms with Crippen LogP contribution in [0.5, 0.6) is 0 Å². The van der Waals surface area contributed by atoms with Crippen LogP contribution in [0.1, 0.15) is 5.56 Å². The summed E-state index contributed by atoms with van der Waals surface area (Å²) in [6.45, 7) is 1.68. The van der Waals surface area contributed by atoms with Crippen LogP contribution in [0.4, 0.5) is 10.1 Å². The number of halogens is 2. The molecule has 0 aliphatic heterocycles. The molecule has 0 aliphatic rings. The van der Waals surface area contributed by atoms with E-state index in [4.69, 9.17) is 17.3 Å². The van der Waals surface area contributed by atoms with E-state index in [1.807, 2.05) is 0 Å². The molecule has 0 radical (unpaired) electrons. The van der Waals surface area contributed by atoms with Gasteiger partial charge in [0.25, 0.3) is 0 Å². The van der Waals surface area contributed by atoms with Crippen molar-refractivity contribution in [1.29, 1.82) is 0 Å². The van der Waals surface area contributed by atoms with Gasteiger partial charge in [-0.15, -0.1) is 5.10 Å². The van der Waals surface area contributed by atoms with Gasteiger partial charge in [0, 0.05) is 16.3 Å². The van der Waals surface area contributed by atoms with Crippen molar-refractivity contribution < 1.29 is 4.39 Å². The standard InChI is InChI=1S/C14H11ClFN5/c1-8-6-10(3-5-12(8)16)21-14(18-19-20-21)11-4-2-9(15)7-13(11)17/h2-7H,17H2,1H3. The SMILES string of the molecule is Cc1cc(-n2nnnc2-c2ccc(Cl)cc2N)ccc1F. The van der Waals surface area contributed by atoms with Crippen LogP contribution in [0, 0.1) is 12.7 Å². The first-order valence-corrected chi connectivity index (χ1v) is 6.54. The van der Waals surface area contributed by atoms with Crippen LogP contribution < -0.4 is 5.73 Å². The highest BCUT2D eigenvalue weighted by molar-refractivity contribution is 6.31. The van der Waals surface area contributed by atoms with Crippen molar-refractivity contribution in [2.75, 3.05) is 5.73 Å². The fourth-order valence-electron chi connectivity index (χ4n) is 2.03. The molecule has 0 spiro atoms. The van der Waals surface area contributed by atoms with E-state index in [-0.39, 0.29) is 5.82 Å². The van der Waals surface area contributed by atoms with Crippen LogP contribution in [0.25, 0.3) is 17.1 Å². The summed E-state index contributed by atoms with van der Waals surface area (Å²) in [5.41, 5.74) is 8.26. The summed E-state index contributed by atoms with van der Waals surface area (Å²) in [6.07, 6.45) is 0. The van der Waals surface area contributed by atoms with Gasteiger partial charge in [-0.05, 0) is 59.3 Å². The minimum Gasteiger partial charge on any atom is -0.398 e. The second-order valence-electron chi connectivity index (χ2n) is 4.58. The lowest BCUT2D eigenvalue weighted by molar-refractivity contribution is 0.617. The third-order valence-corrected chi connectivity index (χ3v) is 3.35. The Morgan fingerprint density at radius 3 is 2.71 bits per heavy atom. The molecule has 0 amide bonds. The summed E-state index contributed by atoms with van der Waals surface area (Å²) >= 11 is 5.89. The minimum atomic E-state index is -0.278. The molecule has 5 nitrogen and oxygen atoms in total. The molecule has 1 heterocycles. The van der Waals surface area contributed by atoms with Gasteiger partial charge in [0.05, 0.1) is 5.69 Å². The number of aromatic nitrogens is 4. The third-order valence-electron chi connectivity index (χ3n) is 3.11. The molecule has 0 unspecified atom stereocenters. The highest BCUT2D eigenvalue weighted by Crippen LogP contribution is 2.28. The maximum absolute atomic E-state index is 13.4. The summed E-state index contributed by atoms with van der Waals surface area (Å²) in [5, 5.41) is 12.1. The van der Waals surface area contributed by atoms with Crippen molar-refractivity contribution in [3.63, 3.8) is 0 Å². The number of tetrazole rings is 1. The minimum absolute atomic E-state index is 0.278. The Hall–Kier alpha value is -2.47. The van der Waals surface area contributed by atoms with Gasteiger partial charge in [0.2, 0.25) is 0 Å². The molecule has 7 heteroatoms. The summed E-state index contributed by atoms with van der Waals surface area (Å²) in [5.74, 6) is 0.189. The lowest BCUT2D eigenvalue weighted by atomic mass is 10.1. The van der Waals surface area contributed by atoms with Crippen molar-refractivity contribution in [2.24, 2.45) is 0 Å². The molecule has 0 aliphatic carbocycles. The number of nitrogens with zero attached hydrogens (tertiary/aromatic N) is 4. The second kappa shape index (κ2) is 5.14. The van der Waals surface area contributed by atoms with Crippen LogP contribution in [-0.2, 0) is 0 Å². The van der Waals surface area contributed by atoms with Crippen molar-refractivity contribution in [1.82, 2.24) is 20.2 Å². The molecule has 1 aromatic heterocycles. The molecule has 3 rings (SSSR count). The molecule has 0 fully saturated rings. The maximum atomic E-state index is 13.4. The number of aryl methyl sites for hydroxylation is 1. The maximum Gasteiger partial charge on any atom is 0.189 e.